The van der Waals surface area contributed by atoms with Crippen molar-refractivity contribution in [1.29, 1.82) is 0 Å². The lowest BCUT2D eigenvalue weighted by Gasteiger charge is -2.12. The second-order valence-corrected chi connectivity index (χ2v) is 7.61. The zero-order valence-electron chi connectivity index (χ0n) is 14.1. The van der Waals surface area contributed by atoms with E-state index >= 15 is 0 Å². The Bertz CT molecular complexity index is 788. The number of hydrogen-bond donors (Lipinski definition) is 2. The van der Waals surface area contributed by atoms with Crippen LogP contribution in [0.5, 0.6) is 0 Å². The standard InChI is InChI=1S/C18H18Cl2N2O2S2/c1-24-17(23)13-5-6-15(20)16(10-13)22-18(25)21-7-8-26-11-12-3-2-4-14(19)9-12/h2-6,9-10H,7-8,11H2,1H3,(H2,21,22,25). The van der Waals surface area contributed by atoms with Gasteiger partial charge in [0, 0.05) is 23.1 Å². The number of nitrogens with one attached hydrogen (secondary N) is 2. The maximum Gasteiger partial charge on any atom is 0.337 e. The minimum absolute atomic E-state index is 0.402. The monoisotopic (exact) mass is 428 g/mol. The van der Waals surface area contributed by atoms with Crippen molar-refractivity contribution in [3.05, 3.63) is 63.6 Å². The van der Waals surface area contributed by atoms with Crippen molar-refractivity contribution in [3.8, 4) is 0 Å². The molecule has 2 N–H and O–H groups in total. The molecule has 0 heterocycles. The highest BCUT2D eigenvalue weighted by molar-refractivity contribution is 7.98. The molecule has 0 radical (unpaired) electrons. The van der Waals surface area contributed by atoms with Gasteiger partial charge >= 0.3 is 5.97 Å². The van der Waals surface area contributed by atoms with Crippen LogP contribution in [-0.2, 0) is 10.5 Å². The SMILES string of the molecule is COC(=O)c1ccc(Cl)c(NC(=S)NCCSCc2cccc(Cl)c2)c1. The minimum atomic E-state index is -0.430. The van der Waals surface area contributed by atoms with Crippen molar-refractivity contribution in [2.45, 2.75) is 5.75 Å². The Kier molecular flexibility index (Phi) is 8.51. The highest BCUT2D eigenvalue weighted by Crippen LogP contribution is 2.23. The lowest BCUT2D eigenvalue weighted by molar-refractivity contribution is 0.0601. The number of ether oxygens (including phenoxy) is 1. The Morgan fingerprint density at radius 3 is 2.77 bits per heavy atom. The second kappa shape index (κ2) is 10.6. The first-order valence-electron chi connectivity index (χ1n) is 7.74. The van der Waals surface area contributed by atoms with Gasteiger partial charge in [0.2, 0.25) is 0 Å². The molecule has 0 saturated heterocycles. The molecule has 0 aliphatic carbocycles. The van der Waals surface area contributed by atoms with E-state index in [1.54, 1.807) is 30.0 Å². The van der Waals surface area contributed by atoms with E-state index in [9.17, 15) is 4.79 Å². The molecule has 2 rings (SSSR count). The topological polar surface area (TPSA) is 50.4 Å². The molecular weight excluding hydrogens is 411 g/mol. The van der Waals surface area contributed by atoms with E-state index in [1.165, 1.54) is 12.7 Å². The molecule has 4 nitrogen and oxygen atoms in total. The molecule has 0 amide bonds. The van der Waals surface area contributed by atoms with Crippen LogP contribution in [0, 0.1) is 0 Å². The Morgan fingerprint density at radius 1 is 1.23 bits per heavy atom. The number of methoxy groups -OCH3 is 1. The van der Waals surface area contributed by atoms with Gasteiger partial charge in [-0.1, -0.05) is 35.3 Å². The normalized spacial score (nSPS) is 10.3. The maximum atomic E-state index is 11.6. The number of carbonyl (C=O) groups is 1. The fraction of sp³-hybridized carbons (Fsp3) is 0.222. The number of thioether (sulfide) groups is 1. The van der Waals surface area contributed by atoms with Gasteiger partial charge in [-0.05, 0) is 48.1 Å². The summed E-state index contributed by atoms with van der Waals surface area (Å²) < 4.78 is 4.70. The summed E-state index contributed by atoms with van der Waals surface area (Å²) in [7, 11) is 1.33. The highest BCUT2D eigenvalue weighted by atomic mass is 35.5. The van der Waals surface area contributed by atoms with Crippen LogP contribution in [0.25, 0.3) is 0 Å². The summed E-state index contributed by atoms with van der Waals surface area (Å²) in [6.07, 6.45) is 0. The first-order chi connectivity index (χ1) is 12.5. The Hall–Kier alpha value is -1.47. The average Bonchev–Trinajstić information content (AvgIpc) is 2.62. The first-order valence-corrected chi connectivity index (χ1v) is 10.1. The van der Waals surface area contributed by atoms with Crippen molar-refractivity contribution < 1.29 is 9.53 Å². The largest absolute Gasteiger partial charge is 0.465 e. The van der Waals surface area contributed by atoms with E-state index in [4.69, 9.17) is 40.2 Å². The van der Waals surface area contributed by atoms with Gasteiger partial charge in [-0.3, -0.25) is 0 Å². The third-order valence-corrected chi connectivity index (χ3v) is 5.17. The molecule has 0 fully saturated rings. The summed E-state index contributed by atoms with van der Waals surface area (Å²) in [4.78, 5) is 11.6. The Morgan fingerprint density at radius 2 is 2.04 bits per heavy atom. The third kappa shape index (κ3) is 6.68. The number of halogens is 2. The molecule has 0 spiro atoms. The number of thiocarbonyl (C=S) groups is 1. The van der Waals surface area contributed by atoms with Crippen LogP contribution in [0.3, 0.4) is 0 Å². The van der Waals surface area contributed by atoms with E-state index in [0.29, 0.717) is 27.9 Å². The first kappa shape index (κ1) is 20.8. The molecule has 0 atom stereocenters. The minimum Gasteiger partial charge on any atom is -0.465 e. The molecule has 0 aliphatic rings. The molecule has 0 unspecified atom stereocenters. The molecule has 138 valence electrons. The number of anilines is 1. The van der Waals surface area contributed by atoms with Gasteiger partial charge in [-0.25, -0.2) is 4.79 Å². The van der Waals surface area contributed by atoms with Gasteiger partial charge in [0.1, 0.15) is 0 Å². The summed E-state index contributed by atoms with van der Waals surface area (Å²) in [6, 6.07) is 12.7. The molecular formula is C18H18Cl2N2O2S2. The number of hydrogen-bond acceptors (Lipinski definition) is 4. The third-order valence-electron chi connectivity index (χ3n) is 3.33. The number of benzene rings is 2. The van der Waals surface area contributed by atoms with E-state index in [-0.39, 0.29) is 0 Å². The summed E-state index contributed by atoms with van der Waals surface area (Å²) >= 11 is 19.2. The van der Waals surface area contributed by atoms with Crippen LogP contribution < -0.4 is 10.6 Å². The van der Waals surface area contributed by atoms with Crippen LogP contribution >= 0.6 is 47.2 Å². The van der Waals surface area contributed by atoms with Gasteiger partial charge in [0.15, 0.2) is 5.11 Å². The number of esters is 1. The smallest absolute Gasteiger partial charge is 0.337 e. The van der Waals surface area contributed by atoms with E-state index in [2.05, 4.69) is 16.7 Å². The number of rotatable bonds is 7. The predicted molar refractivity (Wildman–Crippen MR) is 115 cm³/mol. The van der Waals surface area contributed by atoms with E-state index < -0.39 is 5.97 Å². The quantitative estimate of drug-likeness (QED) is 0.367. The van der Waals surface area contributed by atoms with Crippen molar-refractivity contribution in [1.82, 2.24) is 5.32 Å². The highest BCUT2D eigenvalue weighted by Gasteiger charge is 2.09. The van der Waals surface area contributed by atoms with Gasteiger partial charge in [-0.15, -0.1) is 0 Å². The molecule has 0 saturated carbocycles. The molecule has 8 heteroatoms. The average molecular weight is 429 g/mol. The molecule has 0 bridgehead atoms. The van der Waals surface area contributed by atoms with E-state index in [1.807, 2.05) is 18.2 Å². The van der Waals surface area contributed by atoms with Crippen molar-refractivity contribution in [2.75, 3.05) is 24.7 Å². The van der Waals surface area contributed by atoms with E-state index in [0.717, 1.165) is 16.5 Å². The zero-order chi connectivity index (χ0) is 18.9. The van der Waals surface area contributed by atoms with Crippen molar-refractivity contribution >= 4 is 64.0 Å². The van der Waals surface area contributed by atoms with Crippen molar-refractivity contribution in [3.63, 3.8) is 0 Å². The molecule has 0 aliphatic heterocycles. The van der Waals surface area contributed by atoms with Crippen LogP contribution in [0.2, 0.25) is 10.0 Å². The van der Waals surface area contributed by atoms with Crippen molar-refractivity contribution in [2.24, 2.45) is 0 Å². The lowest BCUT2D eigenvalue weighted by atomic mass is 10.2. The maximum absolute atomic E-state index is 11.6. The van der Waals surface area contributed by atoms with Crippen LogP contribution in [0.15, 0.2) is 42.5 Å². The second-order valence-electron chi connectivity index (χ2n) is 5.25. The van der Waals surface area contributed by atoms with Gasteiger partial charge in [0.25, 0.3) is 0 Å². The Balaban J connectivity index is 1.76. The zero-order valence-corrected chi connectivity index (χ0v) is 17.2. The summed E-state index contributed by atoms with van der Waals surface area (Å²) in [5.74, 6) is 1.33. The predicted octanol–water partition coefficient (Wildman–Crippen LogP) is 5.00. The Labute approximate surface area is 172 Å². The lowest BCUT2D eigenvalue weighted by Crippen LogP contribution is -2.30. The van der Waals surface area contributed by atoms with Crippen LogP contribution in [0.4, 0.5) is 5.69 Å². The number of carbonyl (C=O) groups excluding carboxylic acids is 1. The fourth-order valence-electron chi connectivity index (χ4n) is 2.09. The summed E-state index contributed by atoms with van der Waals surface area (Å²) in [5.41, 5.74) is 2.15. The van der Waals surface area contributed by atoms with Gasteiger partial charge in [0.05, 0.1) is 23.4 Å². The summed E-state index contributed by atoms with van der Waals surface area (Å²) in [6.45, 7) is 0.700. The molecule has 2 aromatic rings. The van der Waals surface area contributed by atoms with Gasteiger partial charge in [-0.2, -0.15) is 11.8 Å². The molecule has 0 aromatic heterocycles. The van der Waals surface area contributed by atoms with Crippen LogP contribution in [-0.4, -0.2) is 30.5 Å². The fourth-order valence-corrected chi connectivity index (χ4v) is 3.48. The van der Waals surface area contributed by atoms with Crippen LogP contribution in [0.1, 0.15) is 15.9 Å². The molecule has 26 heavy (non-hydrogen) atoms. The van der Waals surface area contributed by atoms with Gasteiger partial charge < -0.3 is 15.4 Å². The molecule has 2 aromatic carbocycles. The summed E-state index contributed by atoms with van der Waals surface area (Å²) in [5, 5.41) is 7.78.